The van der Waals surface area contributed by atoms with Crippen LogP contribution in [0.1, 0.15) is 47.8 Å². The lowest BCUT2D eigenvalue weighted by Crippen LogP contribution is -2.17. The van der Waals surface area contributed by atoms with Crippen molar-refractivity contribution in [1.82, 2.24) is 0 Å². The van der Waals surface area contributed by atoms with E-state index in [-0.39, 0.29) is 22.6 Å². The summed E-state index contributed by atoms with van der Waals surface area (Å²) < 4.78 is 0. The van der Waals surface area contributed by atoms with Crippen LogP contribution in [0.15, 0.2) is 30.3 Å². The molecule has 0 aliphatic heterocycles. The number of carbonyl (C=O) groups is 1. The molecule has 0 aliphatic rings. The molecular weight excluding hydrogens is 310 g/mol. The number of aryl methyl sites for hydroxylation is 2. The van der Waals surface area contributed by atoms with E-state index in [9.17, 15) is 9.90 Å². The SMILES string of the molecule is Cc1ccc(NC(=O)c2cc(C)cc(C(C)(C)C)c2O)c(Cl)c1. The van der Waals surface area contributed by atoms with Gasteiger partial charge in [0.05, 0.1) is 16.3 Å². The van der Waals surface area contributed by atoms with Crippen LogP contribution in [-0.2, 0) is 5.41 Å². The van der Waals surface area contributed by atoms with E-state index in [2.05, 4.69) is 5.32 Å². The van der Waals surface area contributed by atoms with Crippen LogP contribution in [0.25, 0.3) is 0 Å². The lowest BCUT2D eigenvalue weighted by molar-refractivity contribution is 0.102. The van der Waals surface area contributed by atoms with Crippen molar-refractivity contribution >= 4 is 23.2 Å². The average Bonchev–Trinajstić information content (AvgIpc) is 2.42. The van der Waals surface area contributed by atoms with Crippen molar-refractivity contribution in [2.45, 2.75) is 40.0 Å². The molecule has 0 spiro atoms. The molecule has 2 N–H and O–H groups in total. The van der Waals surface area contributed by atoms with Gasteiger partial charge in [-0.1, -0.05) is 44.5 Å². The third kappa shape index (κ3) is 3.85. The van der Waals surface area contributed by atoms with Gasteiger partial charge < -0.3 is 10.4 Å². The normalized spacial score (nSPS) is 11.4. The summed E-state index contributed by atoms with van der Waals surface area (Å²) in [6, 6.07) is 9.01. The lowest BCUT2D eigenvalue weighted by Gasteiger charge is -2.22. The molecule has 1 amide bonds. The molecule has 122 valence electrons. The summed E-state index contributed by atoms with van der Waals surface area (Å²) in [5.41, 5.74) is 3.21. The fraction of sp³-hybridized carbons (Fsp3) is 0.316. The number of anilines is 1. The number of phenolic OH excluding ortho intramolecular Hbond substituents is 1. The van der Waals surface area contributed by atoms with Crippen LogP contribution in [0.3, 0.4) is 0 Å². The van der Waals surface area contributed by atoms with Crippen molar-refractivity contribution in [1.29, 1.82) is 0 Å². The first-order chi connectivity index (χ1) is 10.6. The van der Waals surface area contributed by atoms with Crippen LogP contribution in [0, 0.1) is 13.8 Å². The van der Waals surface area contributed by atoms with E-state index in [1.807, 2.05) is 46.8 Å². The predicted molar refractivity (Wildman–Crippen MR) is 95.7 cm³/mol. The first-order valence-corrected chi connectivity index (χ1v) is 7.89. The Morgan fingerprint density at radius 2 is 1.74 bits per heavy atom. The van der Waals surface area contributed by atoms with Crippen LogP contribution in [0.5, 0.6) is 5.75 Å². The summed E-state index contributed by atoms with van der Waals surface area (Å²) >= 11 is 6.16. The molecule has 0 saturated carbocycles. The van der Waals surface area contributed by atoms with E-state index >= 15 is 0 Å². The van der Waals surface area contributed by atoms with Gasteiger partial charge in [0.25, 0.3) is 5.91 Å². The molecule has 0 unspecified atom stereocenters. The van der Waals surface area contributed by atoms with Gasteiger partial charge in [-0.25, -0.2) is 0 Å². The van der Waals surface area contributed by atoms with Gasteiger partial charge in [-0.3, -0.25) is 4.79 Å². The van der Waals surface area contributed by atoms with Crippen molar-refractivity contribution < 1.29 is 9.90 Å². The van der Waals surface area contributed by atoms with E-state index in [0.29, 0.717) is 10.7 Å². The molecule has 4 heteroatoms. The Morgan fingerprint density at radius 3 is 2.30 bits per heavy atom. The molecule has 3 nitrogen and oxygen atoms in total. The quantitative estimate of drug-likeness (QED) is 0.793. The average molecular weight is 332 g/mol. The second-order valence-corrected chi connectivity index (χ2v) is 7.30. The minimum Gasteiger partial charge on any atom is -0.507 e. The number of nitrogens with one attached hydrogen (secondary N) is 1. The Labute approximate surface area is 142 Å². The van der Waals surface area contributed by atoms with Crippen molar-refractivity contribution in [2.24, 2.45) is 0 Å². The Balaban J connectivity index is 2.42. The Kier molecular flexibility index (Phi) is 4.71. The highest BCUT2D eigenvalue weighted by Crippen LogP contribution is 2.35. The molecule has 23 heavy (non-hydrogen) atoms. The van der Waals surface area contributed by atoms with E-state index in [0.717, 1.165) is 16.7 Å². The zero-order valence-electron chi connectivity index (χ0n) is 14.1. The lowest BCUT2D eigenvalue weighted by atomic mass is 9.84. The van der Waals surface area contributed by atoms with Crippen molar-refractivity contribution in [3.05, 3.63) is 57.6 Å². The minimum absolute atomic E-state index is 0.0174. The van der Waals surface area contributed by atoms with Crippen LogP contribution in [0.2, 0.25) is 5.02 Å². The van der Waals surface area contributed by atoms with Gasteiger partial charge in [-0.2, -0.15) is 0 Å². The molecule has 2 rings (SSSR count). The Hall–Kier alpha value is -2.00. The van der Waals surface area contributed by atoms with Crippen LogP contribution in [0.4, 0.5) is 5.69 Å². The highest BCUT2D eigenvalue weighted by molar-refractivity contribution is 6.34. The molecule has 2 aromatic rings. The third-order valence-corrected chi connectivity index (χ3v) is 3.99. The van der Waals surface area contributed by atoms with Gasteiger partial charge in [-0.15, -0.1) is 0 Å². The summed E-state index contributed by atoms with van der Waals surface area (Å²) in [5, 5.41) is 13.8. The topological polar surface area (TPSA) is 49.3 Å². The van der Waals surface area contributed by atoms with Crippen molar-refractivity contribution in [3.8, 4) is 5.75 Å². The van der Waals surface area contributed by atoms with E-state index in [4.69, 9.17) is 11.6 Å². The van der Waals surface area contributed by atoms with Gasteiger partial charge in [0, 0.05) is 5.56 Å². The smallest absolute Gasteiger partial charge is 0.259 e. The maximum Gasteiger partial charge on any atom is 0.259 e. The first kappa shape index (κ1) is 17.4. The summed E-state index contributed by atoms with van der Waals surface area (Å²) in [5.74, 6) is -0.355. The van der Waals surface area contributed by atoms with Crippen LogP contribution >= 0.6 is 11.6 Å². The van der Waals surface area contributed by atoms with Gasteiger partial charge in [0.1, 0.15) is 5.75 Å². The van der Waals surface area contributed by atoms with E-state index < -0.39 is 0 Å². The summed E-state index contributed by atoms with van der Waals surface area (Å²) in [7, 11) is 0. The number of amides is 1. The molecule has 0 bridgehead atoms. The van der Waals surface area contributed by atoms with Crippen molar-refractivity contribution in [2.75, 3.05) is 5.32 Å². The number of phenols is 1. The minimum atomic E-state index is -0.373. The second kappa shape index (κ2) is 6.25. The molecule has 0 heterocycles. The number of aromatic hydroxyl groups is 1. The maximum atomic E-state index is 12.6. The highest BCUT2D eigenvalue weighted by Gasteiger charge is 2.23. The number of carbonyl (C=O) groups excluding carboxylic acids is 1. The second-order valence-electron chi connectivity index (χ2n) is 6.90. The Bertz CT molecular complexity index is 761. The number of hydrogen-bond donors (Lipinski definition) is 2. The molecule has 0 saturated heterocycles. The van der Waals surface area contributed by atoms with Gasteiger partial charge in [0.2, 0.25) is 0 Å². The van der Waals surface area contributed by atoms with Gasteiger partial charge in [0.15, 0.2) is 0 Å². The fourth-order valence-corrected chi connectivity index (χ4v) is 2.72. The summed E-state index contributed by atoms with van der Waals surface area (Å²) in [6.07, 6.45) is 0. The standard InChI is InChI=1S/C19H22ClNO2/c1-11-6-7-16(15(20)10-11)21-18(23)13-8-12(2)9-14(17(13)22)19(3,4)5/h6-10,22H,1-5H3,(H,21,23). The van der Waals surface area contributed by atoms with E-state index in [1.54, 1.807) is 18.2 Å². The fourth-order valence-electron chi connectivity index (χ4n) is 2.43. The number of halogens is 1. The van der Waals surface area contributed by atoms with Gasteiger partial charge >= 0.3 is 0 Å². The summed E-state index contributed by atoms with van der Waals surface area (Å²) in [6.45, 7) is 9.84. The van der Waals surface area contributed by atoms with E-state index in [1.165, 1.54) is 0 Å². The molecule has 0 radical (unpaired) electrons. The monoisotopic (exact) mass is 331 g/mol. The molecular formula is C19H22ClNO2. The molecule has 0 atom stereocenters. The maximum absolute atomic E-state index is 12.6. The molecule has 2 aromatic carbocycles. The number of hydrogen-bond acceptors (Lipinski definition) is 2. The molecule has 0 fully saturated rings. The van der Waals surface area contributed by atoms with Gasteiger partial charge in [-0.05, 0) is 48.6 Å². The first-order valence-electron chi connectivity index (χ1n) is 7.51. The third-order valence-electron chi connectivity index (χ3n) is 3.68. The summed E-state index contributed by atoms with van der Waals surface area (Å²) in [4.78, 5) is 12.6. The number of benzene rings is 2. The number of rotatable bonds is 2. The highest BCUT2D eigenvalue weighted by atomic mass is 35.5. The zero-order valence-corrected chi connectivity index (χ0v) is 14.9. The zero-order chi connectivity index (χ0) is 17.4. The van der Waals surface area contributed by atoms with Crippen LogP contribution in [-0.4, -0.2) is 11.0 Å². The molecule has 0 aromatic heterocycles. The largest absolute Gasteiger partial charge is 0.507 e. The van der Waals surface area contributed by atoms with Crippen molar-refractivity contribution in [3.63, 3.8) is 0 Å². The Morgan fingerprint density at radius 1 is 1.09 bits per heavy atom. The molecule has 0 aliphatic carbocycles. The predicted octanol–water partition coefficient (Wildman–Crippen LogP) is 5.21. The van der Waals surface area contributed by atoms with Crippen LogP contribution < -0.4 is 5.32 Å².